The number of aliphatic hydroxyl groups is 1. The molecule has 2 heteroatoms. The Morgan fingerprint density at radius 3 is 3.00 bits per heavy atom. The summed E-state index contributed by atoms with van der Waals surface area (Å²) in [7, 11) is 2.11. The van der Waals surface area contributed by atoms with E-state index in [2.05, 4.69) is 37.1 Å². The topological polar surface area (TPSA) is 23.5 Å². The number of rotatable bonds is 2. The van der Waals surface area contributed by atoms with Crippen LogP contribution in [-0.2, 0) is 6.42 Å². The number of likely N-dealkylation sites (N-methyl/N-ethyl adjacent to an activating group) is 1. The van der Waals surface area contributed by atoms with Gasteiger partial charge >= 0.3 is 0 Å². The van der Waals surface area contributed by atoms with Crippen LogP contribution in [0.3, 0.4) is 0 Å². The summed E-state index contributed by atoms with van der Waals surface area (Å²) in [5, 5.41) is 8.95. The van der Waals surface area contributed by atoms with Crippen LogP contribution in [0.2, 0.25) is 0 Å². The molecule has 0 amide bonds. The highest BCUT2D eigenvalue weighted by atomic mass is 16.3. The van der Waals surface area contributed by atoms with Gasteiger partial charge in [0.15, 0.2) is 0 Å². The Hall–Kier alpha value is -1.02. The van der Waals surface area contributed by atoms with E-state index in [0.29, 0.717) is 6.04 Å². The first-order chi connectivity index (χ1) is 6.72. The molecule has 0 fully saturated rings. The highest BCUT2D eigenvalue weighted by molar-refractivity contribution is 5.59. The number of aryl methyl sites for hydroxylation is 1. The summed E-state index contributed by atoms with van der Waals surface area (Å²) in [6.07, 6.45) is 1.94. The maximum atomic E-state index is 8.95. The second-order valence-electron chi connectivity index (χ2n) is 4.11. The van der Waals surface area contributed by atoms with Crippen molar-refractivity contribution >= 4 is 5.69 Å². The van der Waals surface area contributed by atoms with Crippen LogP contribution >= 0.6 is 0 Å². The van der Waals surface area contributed by atoms with Crippen LogP contribution in [0.1, 0.15) is 17.5 Å². The van der Waals surface area contributed by atoms with Crippen LogP contribution in [0.4, 0.5) is 5.69 Å². The Morgan fingerprint density at radius 2 is 2.29 bits per heavy atom. The smallest absolute Gasteiger partial charge is 0.0450 e. The minimum absolute atomic E-state index is 0.280. The highest BCUT2D eigenvalue weighted by Crippen LogP contribution is 2.32. The van der Waals surface area contributed by atoms with Crippen LogP contribution in [0.5, 0.6) is 0 Å². The van der Waals surface area contributed by atoms with E-state index in [1.54, 1.807) is 0 Å². The lowest BCUT2D eigenvalue weighted by atomic mass is 10.1. The van der Waals surface area contributed by atoms with Gasteiger partial charge in [-0.05, 0) is 31.4 Å². The lowest BCUT2D eigenvalue weighted by molar-refractivity contribution is 0.275. The standard InChI is InChI=1S/C12H17NO/c1-9-3-4-12-10(7-9)8-11(5-6-14)13(12)2/h3-4,7,11,14H,5-6,8H2,1-2H3. The van der Waals surface area contributed by atoms with Crippen molar-refractivity contribution in [2.24, 2.45) is 0 Å². The van der Waals surface area contributed by atoms with Gasteiger partial charge in [-0.2, -0.15) is 0 Å². The molecule has 1 aromatic rings. The first kappa shape index (κ1) is 9.53. The van der Waals surface area contributed by atoms with E-state index in [1.165, 1.54) is 16.8 Å². The summed E-state index contributed by atoms with van der Waals surface area (Å²) < 4.78 is 0. The summed E-state index contributed by atoms with van der Waals surface area (Å²) in [4.78, 5) is 2.28. The van der Waals surface area contributed by atoms with Crippen molar-refractivity contribution in [2.75, 3.05) is 18.6 Å². The van der Waals surface area contributed by atoms with Crippen molar-refractivity contribution in [3.05, 3.63) is 29.3 Å². The predicted octanol–water partition coefficient (Wildman–Crippen LogP) is 1.74. The first-order valence-electron chi connectivity index (χ1n) is 5.15. The van der Waals surface area contributed by atoms with Crippen LogP contribution in [0.15, 0.2) is 18.2 Å². The van der Waals surface area contributed by atoms with E-state index in [9.17, 15) is 0 Å². The van der Waals surface area contributed by atoms with Gasteiger partial charge in [-0.25, -0.2) is 0 Å². The number of aliphatic hydroxyl groups excluding tert-OH is 1. The van der Waals surface area contributed by atoms with Crippen LogP contribution in [-0.4, -0.2) is 24.8 Å². The average Bonchev–Trinajstić information content (AvgIpc) is 2.44. The Bertz CT molecular complexity index is 335. The molecule has 14 heavy (non-hydrogen) atoms. The van der Waals surface area contributed by atoms with Gasteiger partial charge in [-0.15, -0.1) is 0 Å². The molecule has 1 aliphatic heterocycles. The Balaban J connectivity index is 2.26. The third-order valence-corrected chi connectivity index (χ3v) is 3.08. The normalized spacial score (nSPS) is 19.9. The summed E-state index contributed by atoms with van der Waals surface area (Å²) >= 11 is 0. The number of hydrogen-bond donors (Lipinski definition) is 1. The number of benzene rings is 1. The largest absolute Gasteiger partial charge is 0.396 e. The lowest BCUT2D eigenvalue weighted by Gasteiger charge is -2.21. The molecule has 0 bridgehead atoms. The molecule has 0 radical (unpaired) electrons. The summed E-state index contributed by atoms with van der Waals surface area (Å²) in [5.41, 5.74) is 4.07. The Kier molecular flexibility index (Phi) is 2.46. The zero-order valence-corrected chi connectivity index (χ0v) is 8.83. The molecular weight excluding hydrogens is 174 g/mol. The minimum Gasteiger partial charge on any atom is -0.396 e. The molecule has 1 aromatic carbocycles. The number of anilines is 1. The Morgan fingerprint density at radius 1 is 1.50 bits per heavy atom. The van der Waals surface area contributed by atoms with E-state index in [0.717, 1.165) is 12.8 Å². The number of fused-ring (bicyclic) bond motifs is 1. The first-order valence-corrected chi connectivity index (χ1v) is 5.15. The maximum absolute atomic E-state index is 8.95. The Labute approximate surface area is 85.2 Å². The monoisotopic (exact) mass is 191 g/mol. The fraction of sp³-hybridized carbons (Fsp3) is 0.500. The van der Waals surface area contributed by atoms with Crippen molar-refractivity contribution in [2.45, 2.75) is 25.8 Å². The van der Waals surface area contributed by atoms with E-state index in [4.69, 9.17) is 5.11 Å². The minimum atomic E-state index is 0.280. The van der Waals surface area contributed by atoms with Crippen molar-refractivity contribution in [1.29, 1.82) is 0 Å². The molecule has 2 rings (SSSR count). The molecule has 0 saturated carbocycles. The third-order valence-electron chi connectivity index (χ3n) is 3.08. The van der Waals surface area contributed by atoms with Gasteiger partial charge in [0.05, 0.1) is 0 Å². The lowest BCUT2D eigenvalue weighted by Crippen LogP contribution is -2.28. The third kappa shape index (κ3) is 1.50. The van der Waals surface area contributed by atoms with Crippen molar-refractivity contribution in [1.82, 2.24) is 0 Å². The second-order valence-corrected chi connectivity index (χ2v) is 4.11. The zero-order chi connectivity index (χ0) is 10.1. The highest BCUT2D eigenvalue weighted by Gasteiger charge is 2.25. The molecule has 1 N–H and O–H groups in total. The van der Waals surface area contributed by atoms with Crippen molar-refractivity contribution in [3.8, 4) is 0 Å². The van der Waals surface area contributed by atoms with Gasteiger partial charge in [0, 0.05) is 25.4 Å². The van der Waals surface area contributed by atoms with Gasteiger partial charge in [-0.3, -0.25) is 0 Å². The van der Waals surface area contributed by atoms with Crippen molar-refractivity contribution < 1.29 is 5.11 Å². The molecule has 0 saturated heterocycles. The summed E-state index contributed by atoms with van der Waals surface area (Å²) in [6.45, 7) is 2.40. The molecule has 1 atom stereocenters. The molecule has 1 unspecified atom stereocenters. The fourth-order valence-corrected chi connectivity index (χ4v) is 2.25. The van der Waals surface area contributed by atoms with Gasteiger partial charge in [0.1, 0.15) is 0 Å². The molecule has 0 spiro atoms. The van der Waals surface area contributed by atoms with Crippen LogP contribution < -0.4 is 4.90 Å². The molecule has 76 valence electrons. The van der Waals surface area contributed by atoms with E-state index < -0.39 is 0 Å². The molecule has 1 heterocycles. The summed E-state index contributed by atoms with van der Waals surface area (Å²) in [5.74, 6) is 0. The number of hydrogen-bond acceptors (Lipinski definition) is 2. The SMILES string of the molecule is Cc1ccc2c(c1)CC(CCO)N2C. The van der Waals surface area contributed by atoms with Crippen LogP contribution in [0, 0.1) is 6.92 Å². The van der Waals surface area contributed by atoms with Gasteiger partial charge in [0.25, 0.3) is 0 Å². The van der Waals surface area contributed by atoms with E-state index in [-0.39, 0.29) is 6.61 Å². The maximum Gasteiger partial charge on any atom is 0.0450 e. The zero-order valence-electron chi connectivity index (χ0n) is 8.83. The molecule has 0 aliphatic carbocycles. The molecule has 2 nitrogen and oxygen atoms in total. The van der Waals surface area contributed by atoms with Gasteiger partial charge in [-0.1, -0.05) is 17.7 Å². The fourth-order valence-electron chi connectivity index (χ4n) is 2.25. The van der Waals surface area contributed by atoms with Gasteiger partial charge < -0.3 is 10.0 Å². The molecule has 0 aromatic heterocycles. The predicted molar refractivity (Wildman–Crippen MR) is 58.8 cm³/mol. The van der Waals surface area contributed by atoms with Crippen molar-refractivity contribution in [3.63, 3.8) is 0 Å². The molecule has 1 aliphatic rings. The van der Waals surface area contributed by atoms with Crippen LogP contribution in [0.25, 0.3) is 0 Å². The van der Waals surface area contributed by atoms with E-state index in [1.807, 2.05) is 0 Å². The van der Waals surface area contributed by atoms with Gasteiger partial charge in [0.2, 0.25) is 0 Å². The quantitative estimate of drug-likeness (QED) is 0.769. The second kappa shape index (κ2) is 3.62. The summed E-state index contributed by atoms with van der Waals surface area (Å²) in [6, 6.07) is 7.07. The average molecular weight is 191 g/mol. The van der Waals surface area contributed by atoms with E-state index >= 15 is 0 Å². The number of nitrogens with zero attached hydrogens (tertiary/aromatic N) is 1. The molecular formula is C12H17NO.